The standard InChI is InChI=1S/C12H14N2O2S/c1-7-3-4-8-9(6-13)11(14-12(15)16-2)17-10(8)5-7/h7H,3-5H2,1-2H3,(H,14,15)/t7-/m1/s1. The molecule has 1 heterocycles. The number of ether oxygens (including phenoxy) is 1. The molecule has 1 aromatic rings. The quantitative estimate of drug-likeness (QED) is 0.833. The third-order valence-electron chi connectivity index (χ3n) is 3.02. The number of nitrogens with zero attached hydrogens (tertiary/aromatic N) is 1. The number of hydrogen-bond acceptors (Lipinski definition) is 4. The van der Waals surface area contributed by atoms with Crippen LogP contribution in [0, 0.1) is 17.2 Å². The van der Waals surface area contributed by atoms with E-state index in [1.54, 1.807) is 0 Å². The lowest BCUT2D eigenvalue weighted by atomic mass is 9.89. The largest absolute Gasteiger partial charge is 0.453 e. The van der Waals surface area contributed by atoms with E-state index in [9.17, 15) is 10.1 Å². The fourth-order valence-corrected chi connectivity index (χ4v) is 3.45. The van der Waals surface area contributed by atoms with Gasteiger partial charge >= 0.3 is 6.09 Å². The van der Waals surface area contributed by atoms with Crippen molar-refractivity contribution in [1.29, 1.82) is 5.26 Å². The summed E-state index contributed by atoms with van der Waals surface area (Å²) >= 11 is 1.50. The lowest BCUT2D eigenvalue weighted by Gasteiger charge is -2.17. The number of thiophene rings is 1. The molecule has 0 saturated heterocycles. The number of rotatable bonds is 1. The van der Waals surface area contributed by atoms with Crippen molar-refractivity contribution < 1.29 is 9.53 Å². The van der Waals surface area contributed by atoms with Gasteiger partial charge in [0.15, 0.2) is 0 Å². The Kier molecular flexibility index (Phi) is 3.34. The molecule has 0 saturated carbocycles. The Morgan fingerprint density at radius 3 is 3.06 bits per heavy atom. The molecule has 0 unspecified atom stereocenters. The van der Waals surface area contributed by atoms with Crippen LogP contribution in [-0.4, -0.2) is 13.2 Å². The fraction of sp³-hybridized carbons (Fsp3) is 0.500. The number of amides is 1. The lowest BCUT2D eigenvalue weighted by Crippen LogP contribution is -2.11. The summed E-state index contributed by atoms with van der Waals surface area (Å²) in [5, 5.41) is 12.4. The van der Waals surface area contributed by atoms with E-state index in [1.807, 2.05) is 0 Å². The summed E-state index contributed by atoms with van der Waals surface area (Å²) in [5.74, 6) is 0.652. The second kappa shape index (κ2) is 4.76. The van der Waals surface area contributed by atoms with Gasteiger partial charge in [0.1, 0.15) is 11.1 Å². The molecule has 1 amide bonds. The predicted octanol–water partition coefficient (Wildman–Crippen LogP) is 2.92. The Hall–Kier alpha value is -1.54. The number of methoxy groups -OCH3 is 1. The molecule has 0 fully saturated rings. The van der Waals surface area contributed by atoms with E-state index in [0.717, 1.165) is 24.8 Å². The van der Waals surface area contributed by atoms with Gasteiger partial charge in [0.25, 0.3) is 0 Å². The molecule has 0 aliphatic heterocycles. The molecule has 0 spiro atoms. The minimum atomic E-state index is -0.520. The third kappa shape index (κ3) is 2.27. The van der Waals surface area contributed by atoms with Crippen LogP contribution in [0.15, 0.2) is 0 Å². The van der Waals surface area contributed by atoms with Crippen molar-refractivity contribution in [2.45, 2.75) is 26.2 Å². The molecule has 1 aliphatic rings. The minimum absolute atomic E-state index is 0.520. The molecule has 0 radical (unpaired) electrons. The summed E-state index contributed by atoms with van der Waals surface area (Å²) < 4.78 is 4.55. The highest BCUT2D eigenvalue weighted by Gasteiger charge is 2.24. The van der Waals surface area contributed by atoms with Crippen molar-refractivity contribution in [3.05, 3.63) is 16.0 Å². The van der Waals surface area contributed by atoms with Gasteiger partial charge in [-0.05, 0) is 30.7 Å². The maximum absolute atomic E-state index is 11.2. The Morgan fingerprint density at radius 2 is 2.41 bits per heavy atom. The number of nitriles is 1. The zero-order valence-electron chi connectivity index (χ0n) is 9.87. The molecule has 4 nitrogen and oxygen atoms in total. The molecular formula is C12H14N2O2S. The average molecular weight is 250 g/mol. The van der Waals surface area contributed by atoms with Crippen LogP contribution in [-0.2, 0) is 17.6 Å². The highest BCUT2D eigenvalue weighted by atomic mass is 32.1. The van der Waals surface area contributed by atoms with E-state index in [4.69, 9.17) is 0 Å². The van der Waals surface area contributed by atoms with Gasteiger partial charge in [-0.1, -0.05) is 6.92 Å². The van der Waals surface area contributed by atoms with E-state index in [0.29, 0.717) is 16.5 Å². The zero-order chi connectivity index (χ0) is 12.4. The van der Waals surface area contributed by atoms with Gasteiger partial charge in [0, 0.05) is 4.88 Å². The molecular weight excluding hydrogens is 236 g/mol. The van der Waals surface area contributed by atoms with Crippen molar-refractivity contribution in [3.63, 3.8) is 0 Å². The average Bonchev–Trinajstić information content (AvgIpc) is 2.64. The molecule has 0 bridgehead atoms. The van der Waals surface area contributed by atoms with Gasteiger partial charge in [0.05, 0.1) is 12.7 Å². The first-order valence-electron chi connectivity index (χ1n) is 5.55. The second-order valence-corrected chi connectivity index (χ2v) is 5.39. The molecule has 1 N–H and O–H groups in total. The predicted molar refractivity (Wildman–Crippen MR) is 66.3 cm³/mol. The first-order chi connectivity index (χ1) is 8.15. The van der Waals surface area contributed by atoms with Crippen molar-refractivity contribution >= 4 is 22.4 Å². The van der Waals surface area contributed by atoms with Crippen LogP contribution >= 0.6 is 11.3 Å². The third-order valence-corrected chi connectivity index (χ3v) is 4.19. The molecule has 1 aliphatic carbocycles. The van der Waals surface area contributed by atoms with E-state index in [1.165, 1.54) is 23.3 Å². The fourth-order valence-electron chi connectivity index (χ4n) is 2.10. The maximum Gasteiger partial charge on any atom is 0.411 e. The van der Waals surface area contributed by atoms with Gasteiger partial charge < -0.3 is 4.74 Å². The highest BCUT2D eigenvalue weighted by molar-refractivity contribution is 7.16. The summed E-state index contributed by atoms with van der Waals surface area (Å²) in [7, 11) is 1.32. The van der Waals surface area contributed by atoms with Crippen LogP contribution in [0.1, 0.15) is 29.3 Å². The molecule has 5 heteroatoms. The Bertz CT molecular complexity index is 487. The molecule has 90 valence electrons. The van der Waals surface area contributed by atoms with Gasteiger partial charge in [-0.15, -0.1) is 11.3 Å². The first-order valence-corrected chi connectivity index (χ1v) is 6.37. The Labute approximate surface area is 104 Å². The monoisotopic (exact) mass is 250 g/mol. The normalized spacial score (nSPS) is 18.1. The topological polar surface area (TPSA) is 62.1 Å². The lowest BCUT2D eigenvalue weighted by molar-refractivity contribution is 0.187. The summed E-state index contributed by atoms with van der Waals surface area (Å²) in [6, 6.07) is 2.19. The van der Waals surface area contributed by atoms with E-state index >= 15 is 0 Å². The molecule has 0 aromatic carbocycles. The van der Waals surface area contributed by atoms with E-state index in [2.05, 4.69) is 23.0 Å². The smallest absolute Gasteiger partial charge is 0.411 e. The maximum atomic E-state index is 11.2. The van der Waals surface area contributed by atoms with E-state index < -0.39 is 6.09 Å². The summed E-state index contributed by atoms with van der Waals surface area (Å²) in [6.07, 6.45) is 2.51. The molecule has 2 rings (SSSR count). The van der Waals surface area contributed by atoms with Crippen LogP contribution in [0.25, 0.3) is 0 Å². The van der Waals surface area contributed by atoms with E-state index in [-0.39, 0.29) is 0 Å². The van der Waals surface area contributed by atoms with Crippen molar-refractivity contribution in [3.8, 4) is 6.07 Å². The number of hydrogen-bond donors (Lipinski definition) is 1. The Morgan fingerprint density at radius 1 is 1.65 bits per heavy atom. The van der Waals surface area contributed by atoms with Crippen molar-refractivity contribution in [1.82, 2.24) is 0 Å². The highest BCUT2D eigenvalue weighted by Crippen LogP contribution is 2.39. The molecule has 17 heavy (non-hydrogen) atoms. The van der Waals surface area contributed by atoms with Crippen LogP contribution < -0.4 is 5.32 Å². The number of carbonyl (C=O) groups excluding carboxylic acids is 1. The van der Waals surface area contributed by atoms with Gasteiger partial charge in [0.2, 0.25) is 0 Å². The van der Waals surface area contributed by atoms with Crippen LogP contribution in [0.3, 0.4) is 0 Å². The van der Waals surface area contributed by atoms with Crippen LogP contribution in [0.4, 0.5) is 9.80 Å². The number of anilines is 1. The summed E-state index contributed by atoms with van der Waals surface area (Å²) in [5.41, 5.74) is 1.73. The zero-order valence-corrected chi connectivity index (χ0v) is 10.7. The Balaban J connectivity index is 2.34. The molecule has 1 atom stereocenters. The number of fused-ring (bicyclic) bond motifs is 1. The summed E-state index contributed by atoms with van der Waals surface area (Å²) in [6.45, 7) is 2.21. The van der Waals surface area contributed by atoms with Crippen LogP contribution in [0.5, 0.6) is 0 Å². The van der Waals surface area contributed by atoms with Gasteiger partial charge in [-0.2, -0.15) is 5.26 Å². The first kappa shape index (κ1) is 11.9. The number of carbonyl (C=O) groups is 1. The van der Waals surface area contributed by atoms with Gasteiger partial charge in [-0.3, -0.25) is 5.32 Å². The van der Waals surface area contributed by atoms with Crippen molar-refractivity contribution in [2.75, 3.05) is 12.4 Å². The van der Waals surface area contributed by atoms with Gasteiger partial charge in [-0.25, -0.2) is 4.79 Å². The summed E-state index contributed by atoms with van der Waals surface area (Å²) in [4.78, 5) is 12.4. The minimum Gasteiger partial charge on any atom is -0.453 e. The molecule has 1 aromatic heterocycles. The second-order valence-electron chi connectivity index (χ2n) is 4.28. The number of nitrogens with one attached hydrogen (secondary N) is 1. The van der Waals surface area contributed by atoms with Crippen LogP contribution in [0.2, 0.25) is 0 Å². The SMILES string of the molecule is COC(=O)Nc1sc2c(c1C#N)CC[C@@H](C)C2. The van der Waals surface area contributed by atoms with Crippen molar-refractivity contribution in [2.24, 2.45) is 5.92 Å².